The van der Waals surface area contributed by atoms with E-state index in [1.165, 1.54) is 5.56 Å². The second-order valence-corrected chi connectivity index (χ2v) is 3.65. The molecule has 3 heteroatoms. The quantitative estimate of drug-likeness (QED) is 0.761. The minimum Gasteiger partial charge on any atom is -0.495 e. The number of aryl methyl sites for hydroxylation is 1. The van der Waals surface area contributed by atoms with Crippen molar-refractivity contribution in [1.82, 2.24) is 0 Å². The van der Waals surface area contributed by atoms with Crippen LogP contribution in [0.3, 0.4) is 0 Å². The van der Waals surface area contributed by atoms with Gasteiger partial charge in [0.15, 0.2) is 0 Å². The van der Waals surface area contributed by atoms with Crippen LogP contribution in [0.4, 0.5) is 0 Å². The number of ether oxygens (including phenoxy) is 1. The number of rotatable bonds is 4. The van der Waals surface area contributed by atoms with Gasteiger partial charge in [-0.2, -0.15) is 12.6 Å². The van der Waals surface area contributed by atoms with E-state index >= 15 is 0 Å². The molecule has 0 N–H and O–H groups in total. The van der Waals surface area contributed by atoms with Crippen molar-refractivity contribution in [1.29, 1.82) is 0 Å². The van der Waals surface area contributed by atoms with Gasteiger partial charge in [0.1, 0.15) is 5.75 Å². The highest BCUT2D eigenvalue weighted by Gasteiger charge is 2.00. The van der Waals surface area contributed by atoms with Gasteiger partial charge in [-0.05, 0) is 36.3 Å². The molecule has 0 bridgehead atoms. The van der Waals surface area contributed by atoms with Crippen LogP contribution in [0.5, 0.6) is 5.75 Å². The molecule has 1 aromatic rings. The van der Waals surface area contributed by atoms with E-state index in [1.807, 2.05) is 18.2 Å². The molecule has 72 valence electrons. The highest BCUT2D eigenvalue weighted by atomic mass is 35.5. The first-order valence-electron chi connectivity index (χ1n) is 4.21. The molecule has 0 atom stereocenters. The normalized spacial score (nSPS) is 10.1. The molecule has 0 amide bonds. The van der Waals surface area contributed by atoms with E-state index in [0.29, 0.717) is 5.02 Å². The standard InChI is InChI=1S/C10H13ClOS/c1-12-10-5-4-8(3-2-6-13)7-9(10)11/h4-5,7,13H,2-3,6H2,1H3. The SMILES string of the molecule is COc1ccc(CCCS)cc1Cl. The average molecular weight is 217 g/mol. The highest BCUT2D eigenvalue weighted by Crippen LogP contribution is 2.25. The van der Waals surface area contributed by atoms with Crippen molar-refractivity contribution < 1.29 is 4.74 Å². The first-order chi connectivity index (χ1) is 6.27. The summed E-state index contributed by atoms with van der Waals surface area (Å²) in [5.41, 5.74) is 1.24. The Hall–Kier alpha value is -0.340. The molecule has 0 aliphatic heterocycles. The number of thiol groups is 1. The van der Waals surface area contributed by atoms with Crippen molar-refractivity contribution in [3.63, 3.8) is 0 Å². The van der Waals surface area contributed by atoms with Crippen LogP contribution in [0, 0.1) is 0 Å². The van der Waals surface area contributed by atoms with Crippen LogP contribution >= 0.6 is 24.2 Å². The number of halogens is 1. The molecule has 0 aliphatic rings. The lowest BCUT2D eigenvalue weighted by molar-refractivity contribution is 0.415. The van der Waals surface area contributed by atoms with Crippen LogP contribution in [0.1, 0.15) is 12.0 Å². The lowest BCUT2D eigenvalue weighted by atomic mass is 10.1. The van der Waals surface area contributed by atoms with E-state index in [9.17, 15) is 0 Å². The molecule has 0 saturated heterocycles. The van der Waals surface area contributed by atoms with Crippen LogP contribution in [-0.4, -0.2) is 12.9 Å². The molecule has 0 saturated carbocycles. The second kappa shape index (κ2) is 5.40. The van der Waals surface area contributed by atoms with E-state index in [2.05, 4.69) is 12.6 Å². The zero-order chi connectivity index (χ0) is 9.68. The van der Waals surface area contributed by atoms with E-state index < -0.39 is 0 Å². The highest BCUT2D eigenvalue weighted by molar-refractivity contribution is 7.80. The van der Waals surface area contributed by atoms with Crippen molar-refractivity contribution in [2.45, 2.75) is 12.8 Å². The fraction of sp³-hybridized carbons (Fsp3) is 0.400. The largest absolute Gasteiger partial charge is 0.495 e. The van der Waals surface area contributed by atoms with Gasteiger partial charge in [-0.3, -0.25) is 0 Å². The Labute approximate surface area is 89.5 Å². The Balaban J connectivity index is 2.71. The Morgan fingerprint density at radius 2 is 2.23 bits per heavy atom. The van der Waals surface area contributed by atoms with Gasteiger partial charge in [0.05, 0.1) is 12.1 Å². The van der Waals surface area contributed by atoms with Gasteiger partial charge in [-0.15, -0.1) is 0 Å². The fourth-order valence-electron chi connectivity index (χ4n) is 1.15. The van der Waals surface area contributed by atoms with Crippen LogP contribution in [0.25, 0.3) is 0 Å². The number of hydrogen-bond donors (Lipinski definition) is 1. The minimum atomic E-state index is 0.680. The molecule has 0 fully saturated rings. The maximum Gasteiger partial charge on any atom is 0.137 e. The van der Waals surface area contributed by atoms with Crippen molar-refractivity contribution in [2.24, 2.45) is 0 Å². The van der Waals surface area contributed by atoms with E-state index in [-0.39, 0.29) is 0 Å². The zero-order valence-electron chi connectivity index (χ0n) is 7.59. The number of hydrogen-bond acceptors (Lipinski definition) is 2. The van der Waals surface area contributed by atoms with Crippen molar-refractivity contribution >= 4 is 24.2 Å². The Bertz CT molecular complexity index is 276. The smallest absolute Gasteiger partial charge is 0.137 e. The van der Waals surface area contributed by atoms with Gasteiger partial charge in [0.2, 0.25) is 0 Å². The molecule has 0 heterocycles. The van der Waals surface area contributed by atoms with E-state index in [0.717, 1.165) is 24.3 Å². The molecule has 1 nitrogen and oxygen atoms in total. The maximum atomic E-state index is 5.96. The third-order valence-electron chi connectivity index (χ3n) is 1.84. The summed E-state index contributed by atoms with van der Waals surface area (Å²) in [5.74, 6) is 1.64. The molecular weight excluding hydrogens is 204 g/mol. The fourth-order valence-corrected chi connectivity index (χ4v) is 1.59. The molecule has 0 spiro atoms. The number of methoxy groups -OCH3 is 1. The average Bonchev–Trinajstić information content (AvgIpc) is 2.15. The Morgan fingerprint density at radius 1 is 1.46 bits per heavy atom. The van der Waals surface area contributed by atoms with Crippen molar-refractivity contribution in [3.8, 4) is 5.75 Å². The number of benzene rings is 1. The summed E-state index contributed by atoms with van der Waals surface area (Å²) in [4.78, 5) is 0. The summed E-state index contributed by atoms with van der Waals surface area (Å²) in [6.07, 6.45) is 2.10. The lowest BCUT2D eigenvalue weighted by Crippen LogP contribution is -1.89. The molecule has 0 aliphatic carbocycles. The molecule has 1 rings (SSSR count). The Kier molecular flexibility index (Phi) is 4.46. The lowest BCUT2D eigenvalue weighted by Gasteiger charge is -2.05. The molecule has 13 heavy (non-hydrogen) atoms. The summed E-state index contributed by atoms with van der Waals surface area (Å²) in [7, 11) is 1.62. The third-order valence-corrected chi connectivity index (χ3v) is 2.45. The molecule has 0 aromatic heterocycles. The van der Waals surface area contributed by atoms with Gasteiger partial charge in [-0.25, -0.2) is 0 Å². The van der Waals surface area contributed by atoms with Gasteiger partial charge < -0.3 is 4.74 Å². The zero-order valence-corrected chi connectivity index (χ0v) is 9.24. The molecule has 1 aromatic carbocycles. The van der Waals surface area contributed by atoms with E-state index in [4.69, 9.17) is 16.3 Å². The second-order valence-electron chi connectivity index (χ2n) is 2.80. The summed E-state index contributed by atoms with van der Waals surface area (Å²) in [6, 6.07) is 5.88. The van der Waals surface area contributed by atoms with Crippen LogP contribution in [-0.2, 0) is 6.42 Å². The van der Waals surface area contributed by atoms with E-state index in [1.54, 1.807) is 7.11 Å². The van der Waals surface area contributed by atoms with Crippen LogP contribution in [0.15, 0.2) is 18.2 Å². The topological polar surface area (TPSA) is 9.23 Å². The third kappa shape index (κ3) is 3.12. The molecule has 0 unspecified atom stereocenters. The van der Waals surface area contributed by atoms with Gasteiger partial charge >= 0.3 is 0 Å². The van der Waals surface area contributed by atoms with Gasteiger partial charge in [-0.1, -0.05) is 17.7 Å². The monoisotopic (exact) mass is 216 g/mol. The molecule has 0 radical (unpaired) electrons. The maximum absolute atomic E-state index is 5.96. The summed E-state index contributed by atoms with van der Waals surface area (Å²) < 4.78 is 5.06. The Morgan fingerprint density at radius 3 is 2.77 bits per heavy atom. The van der Waals surface area contributed by atoms with Crippen LogP contribution < -0.4 is 4.74 Å². The van der Waals surface area contributed by atoms with Gasteiger partial charge in [0.25, 0.3) is 0 Å². The molecular formula is C10H13ClOS. The van der Waals surface area contributed by atoms with Crippen molar-refractivity contribution in [2.75, 3.05) is 12.9 Å². The first kappa shape index (κ1) is 10.7. The predicted octanol–water partition coefficient (Wildman–Crippen LogP) is 3.21. The van der Waals surface area contributed by atoms with Crippen LogP contribution in [0.2, 0.25) is 5.02 Å². The van der Waals surface area contributed by atoms with Gasteiger partial charge in [0, 0.05) is 0 Å². The van der Waals surface area contributed by atoms with Crippen molar-refractivity contribution in [3.05, 3.63) is 28.8 Å². The summed E-state index contributed by atoms with van der Waals surface area (Å²) >= 11 is 10.1. The summed E-state index contributed by atoms with van der Waals surface area (Å²) in [6.45, 7) is 0. The minimum absolute atomic E-state index is 0.680. The summed E-state index contributed by atoms with van der Waals surface area (Å²) in [5, 5.41) is 0.680. The predicted molar refractivity (Wildman–Crippen MR) is 60.2 cm³/mol. The first-order valence-corrected chi connectivity index (χ1v) is 5.22.